The first-order valence-electron chi connectivity index (χ1n) is 5.26. The van der Waals surface area contributed by atoms with Gasteiger partial charge in [0.1, 0.15) is 5.75 Å². The Morgan fingerprint density at radius 2 is 1.94 bits per heavy atom. The van der Waals surface area contributed by atoms with Crippen LogP contribution in [0.5, 0.6) is 11.5 Å². The van der Waals surface area contributed by atoms with Gasteiger partial charge in [-0.15, -0.1) is 0 Å². The third-order valence-electron chi connectivity index (χ3n) is 2.74. The number of fused-ring (bicyclic) bond motifs is 1. The Bertz CT molecular complexity index is 579. The van der Waals surface area contributed by atoms with Gasteiger partial charge < -0.3 is 9.84 Å². The quantitative estimate of drug-likeness (QED) is 0.868. The molecule has 4 heteroatoms. The van der Waals surface area contributed by atoms with Gasteiger partial charge in [-0.2, -0.15) is 4.39 Å². The number of hydrogen-bond acceptors (Lipinski definition) is 2. The number of aromatic hydroxyl groups is 1. The van der Waals surface area contributed by atoms with Crippen LogP contribution >= 0.6 is 0 Å². The molecule has 0 spiro atoms. The minimum Gasteiger partial charge on any atom is -0.508 e. The van der Waals surface area contributed by atoms with Gasteiger partial charge in [0.05, 0.1) is 7.11 Å². The van der Waals surface area contributed by atoms with Gasteiger partial charge in [0.2, 0.25) is 5.82 Å². The SMILES string of the molecule is CCc1cc(O)cc2cc(F)c(F)c(OC)c12. The second kappa shape index (κ2) is 4.20. The molecule has 0 saturated heterocycles. The van der Waals surface area contributed by atoms with Gasteiger partial charge >= 0.3 is 0 Å². The van der Waals surface area contributed by atoms with Crippen LogP contribution in [0.4, 0.5) is 8.78 Å². The normalized spacial score (nSPS) is 10.8. The number of phenolic OH excluding ortho intramolecular Hbond substituents is 1. The summed E-state index contributed by atoms with van der Waals surface area (Å²) >= 11 is 0. The van der Waals surface area contributed by atoms with Crippen LogP contribution in [0, 0.1) is 11.6 Å². The summed E-state index contributed by atoms with van der Waals surface area (Å²) in [5.74, 6) is -2.07. The Morgan fingerprint density at radius 1 is 1.24 bits per heavy atom. The van der Waals surface area contributed by atoms with Crippen LogP contribution in [0.15, 0.2) is 18.2 Å². The molecule has 2 aromatic rings. The van der Waals surface area contributed by atoms with Crippen molar-refractivity contribution < 1.29 is 18.6 Å². The van der Waals surface area contributed by atoms with Gasteiger partial charge in [0, 0.05) is 5.39 Å². The average Bonchev–Trinajstić information content (AvgIpc) is 2.30. The molecular formula is C13H12F2O2. The highest BCUT2D eigenvalue weighted by Crippen LogP contribution is 2.35. The maximum Gasteiger partial charge on any atom is 0.201 e. The second-order valence-electron chi connectivity index (χ2n) is 3.76. The van der Waals surface area contributed by atoms with Gasteiger partial charge in [-0.25, -0.2) is 4.39 Å². The van der Waals surface area contributed by atoms with Gasteiger partial charge in [0.25, 0.3) is 0 Å². The van der Waals surface area contributed by atoms with Crippen LogP contribution in [0.2, 0.25) is 0 Å². The van der Waals surface area contributed by atoms with Gasteiger partial charge in [0.15, 0.2) is 11.6 Å². The lowest BCUT2D eigenvalue weighted by Crippen LogP contribution is -1.96. The maximum atomic E-state index is 13.6. The molecule has 0 aliphatic carbocycles. The highest BCUT2D eigenvalue weighted by molar-refractivity contribution is 5.92. The van der Waals surface area contributed by atoms with Crippen LogP contribution in [0.3, 0.4) is 0 Å². The van der Waals surface area contributed by atoms with Gasteiger partial charge in [-0.05, 0) is 35.6 Å². The lowest BCUT2D eigenvalue weighted by atomic mass is 10.0. The maximum absolute atomic E-state index is 13.6. The van der Waals surface area contributed by atoms with E-state index in [4.69, 9.17) is 4.74 Å². The van der Waals surface area contributed by atoms with Crippen LogP contribution in [0.1, 0.15) is 12.5 Å². The van der Waals surface area contributed by atoms with Crippen LogP contribution in [-0.4, -0.2) is 12.2 Å². The van der Waals surface area contributed by atoms with Crippen molar-refractivity contribution in [3.8, 4) is 11.5 Å². The topological polar surface area (TPSA) is 29.5 Å². The third kappa shape index (κ3) is 1.79. The van der Waals surface area contributed by atoms with E-state index in [1.807, 2.05) is 6.92 Å². The monoisotopic (exact) mass is 238 g/mol. The lowest BCUT2D eigenvalue weighted by molar-refractivity contribution is 0.377. The van der Waals surface area contributed by atoms with Crippen molar-refractivity contribution in [1.29, 1.82) is 0 Å². The Kier molecular flexibility index (Phi) is 2.88. The summed E-state index contributed by atoms with van der Waals surface area (Å²) in [5, 5.41) is 10.4. The van der Waals surface area contributed by atoms with E-state index in [-0.39, 0.29) is 11.5 Å². The molecule has 0 aliphatic heterocycles. The lowest BCUT2D eigenvalue weighted by Gasteiger charge is -2.12. The molecule has 0 fully saturated rings. The van der Waals surface area contributed by atoms with E-state index >= 15 is 0 Å². The van der Waals surface area contributed by atoms with E-state index in [2.05, 4.69) is 0 Å². The smallest absolute Gasteiger partial charge is 0.201 e. The minimum absolute atomic E-state index is 0.0300. The summed E-state index contributed by atoms with van der Waals surface area (Å²) in [5.41, 5.74) is 0.718. The molecule has 0 atom stereocenters. The number of ether oxygens (including phenoxy) is 1. The van der Waals surface area contributed by atoms with E-state index in [0.717, 1.165) is 11.6 Å². The van der Waals surface area contributed by atoms with E-state index in [9.17, 15) is 13.9 Å². The molecule has 0 amide bonds. The second-order valence-corrected chi connectivity index (χ2v) is 3.76. The van der Waals surface area contributed by atoms with Crippen LogP contribution in [-0.2, 0) is 6.42 Å². The zero-order valence-electron chi connectivity index (χ0n) is 9.55. The summed E-state index contributed by atoms with van der Waals surface area (Å²) in [6.07, 6.45) is 0.590. The van der Waals surface area contributed by atoms with Crippen molar-refractivity contribution in [1.82, 2.24) is 0 Å². The van der Waals surface area contributed by atoms with Crippen molar-refractivity contribution in [3.05, 3.63) is 35.4 Å². The summed E-state index contributed by atoms with van der Waals surface area (Å²) in [6, 6.07) is 3.98. The summed E-state index contributed by atoms with van der Waals surface area (Å²) in [6.45, 7) is 1.87. The van der Waals surface area contributed by atoms with Gasteiger partial charge in [-0.3, -0.25) is 0 Å². The highest BCUT2D eigenvalue weighted by Gasteiger charge is 2.17. The zero-order valence-corrected chi connectivity index (χ0v) is 9.55. The molecule has 90 valence electrons. The highest BCUT2D eigenvalue weighted by atomic mass is 19.2. The predicted octanol–water partition coefficient (Wildman–Crippen LogP) is 3.39. The molecule has 0 aromatic heterocycles. The fourth-order valence-electron chi connectivity index (χ4n) is 1.99. The number of methoxy groups -OCH3 is 1. The Morgan fingerprint density at radius 3 is 2.53 bits per heavy atom. The predicted molar refractivity (Wildman–Crippen MR) is 61.5 cm³/mol. The Hall–Kier alpha value is -1.84. The fourth-order valence-corrected chi connectivity index (χ4v) is 1.99. The largest absolute Gasteiger partial charge is 0.508 e. The molecule has 2 nitrogen and oxygen atoms in total. The van der Waals surface area contributed by atoms with Crippen molar-refractivity contribution >= 4 is 10.8 Å². The molecule has 0 aliphatic rings. The van der Waals surface area contributed by atoms with Crippen molar-refractivity contribution in [3.63, 3.8) is 0 Å². The minimum atomic E-state index is -1.000. The Balaban J connectivity index is 2.95. The van der Waals surface area contributed by atoms with Crippen LogP contribution in [0.25, 0.3) is 10.8 Å². The third-order valence-corrected chi connectivity index (χ3v) is 2.74. The number of hydrogen-bond donors (Lipinski definition) is 1. The zero-order chi connectivity index (χ0) is 12.6. The first-order chi connectivity index (χ1) is 8.08. The number of benzene rings is 2. The van der Waals surface area contributed by atoms with E-state index in [0.29, 0.717) is 17.2 Å². The summed E-state index contributed by atoms with van der Waals surface area (Å²) in [7, 11) is 1.30. The molecule has 0 radical (unpaired) electrons. The standard InChI is InChI=1S/C13H12F2O2/c1-3-7-4-9(16)5-8-6-10(14)12(15)13(17-2)11(7)8/h4-6,16H,3H2,1-2H3. The molecule has 0 heterocycles. The molecule has 0 saturated carbocycles. The molecular weight excluding hydrogens is 226 g/mol. The summed E-state index contributed by atoms with van der Waals surface area (Å²) in [4.78, 5) is 0. The van der Waals surface area contributed by atoms with Crippen LogP contribution < -0.4 is 4.74 Å². The van der Waals surface area contributed by atoms with Crippen molar-refractivity contribution in [2.75, 3.05) is 7.11 Å². The average molecular weight is 238 g/mol. The van der Waals surface area contributed by atoms with Crippen molar-refractivity contribution in [2.45, 2.75) is 13.3 Å². The fraction of sp³-hybridized carbons (Fsp3) is 0.231. The molecule has 1 N–H and O–H groups in total. The molecule has 2 rings (SSSR count). The first kappa shape index (κ1) is 11.6. The number of phenols is 1. The molecule has 0 unspecified atom stereocenters. The molecule has 0 bridgehead atoms. The number of halogens is 2. The van der Waals surface area contributed by atoms with Gasteiger partial charge in [-0.1, -0.05) is 6.92 Å². The molecule has 2 aromatic carbocycles. The molecule has 17 heavy (non-hydrogen) atoms. The van der Waals surface area contributed by atoms with E-state index in [1.54, 1.807) is 0 Å². The van der Waals surface area contributed by atoms with E-state index < -0.39 is 11.6 Å². The van der Waals surface area contributed by atoms with Crippen molar-refractivity contribution in [2.24, 2.45) is 0 Å². The number of aryl methyl sites for hydroxylation is 1. The number of rotatable bonds is 2. The van der Waals surface area contributed by atoms with E-state index in [1.165, 1.54) is 19.2 Å². The Labute approximate surface area is 97.4 Å². The summed E-state index contributed by atoms with van der Waals surface area (Å²) < 4.78 is 31.8. The first-order valence-corrected chi connectivity index (χ1v) is 5.26.